The zero-order valence-electron chi connectivity index (χ0n) is 9.98. The lowest BCUT2D eigenvalue weighted by molar-refractivity contribution is -0.137. The van der Waals surface area contributed by atoms with Gasteiger partial charge in [-0.3, -0.25) is 0 Å². The largest absolute Gasteiger partial charge is 0.478 e. The number of aromatic nitrogens is 1. The van der Waals surface area contributed by atoms with Crippen LogP contribution in [0, 0.1) is 0 Å². The molecule has 20 heavy (non-hydrogen) atoms. The van der Waals surface area contributed by atoms with Gasteiger partial charge >= 0.3 is 12.1 Å². The smallest absolute Gasteiger partial charge is 0.416 e. The van der Waals surface area contributed by atoms with Gasteiger partial charge < -0.3 is 10.8 Å². The van der Waals surface area contributed by atoms with Gasteiger partial charge in [-0.15, -0.1) is 0 Å². The highest BCUT2D eigenvalue weighted by molar-refractivity contribution is 5.94. The van der Waals surface area contributed by atoms with E-state index in [1.807, 2.05) is 0 Å². The molecule has 0 aliphatic heterocycles. The maximum absolute atomic E-state index is 12.4. The third-order valence-electron chi connectivity index (χ3n) is 2.69. The summed E-state index contributed by atoms with van der Waals surface area (Å²) in [6, 6.07) is 5.62. The van der Waals surface area contributed by atoms with Crippen molar-refractivity contribution in [3.05, 3.63) is 47.7 Å². The third kappa shape index (κ3) is 2.71. The van der Waals surface area contributed by atoms with Crippen molar-refractivity contribution in [3.63, 3.8) is 0 Å². The summed E-state index contributed by atoms with van der Waals surface area (Å²) in [4.78, 5) is 14.6. The van der Waals surface area contributed by atoms with Gasteiger partial charge in [-0.05, 0) is 23.8 Å². The highest BCUT2D eigenvalue weighted by Crippen LogP contribution is 2.31. The predicted molar refractivity (Wildman–Crippen MR) is 66.0 cm³/mol. The summed E-state index contributed by atoms with van der Waals surface area (Å²) in [7, 11) is 0. The Labute approximate surface area is 111 Å². The Bertz CT molecular complexity index is 652. The Morgan fingerprint density at radius 2 is 1.75 bits per heavy atom. The van der Waals surface area contributed by atoms with E-state index in [4.69, 9.17) is 10.8 Å². The molecule has 1 aromatic carbocycles. The number of nitrogens with zero attached hydrogens (tertiary/aromatic N) is 1. The molecule has 2 aromatic rings. The Hall–Kier alpha value is -2.57. The Balaban J connectivity index is 2.42. The molecule has 1 aromatic heterocycles. The van der Waals surface area contributed by atoms with Crippen LogP contribution in [0.25, 0.3) is 11.1 Å². The van der Waals surface area contributed by atoms with E-state index in [0.29, 0.717) is 11.1 Å². The number of hydrogen-bond donors (Lipinski definition) is 2. The molecule has 0 saturated carbocycles. The van der Waals surface area contributed by atoms with E-state index < -0.39 is 17.7 Å². The summed E-state index contributed by atoms with van der Waals surface area (Å²) >= 11 is 0. The van der Waals surface area contributed by atoms with Crippen LogP contribution in [0.3, 0.4) is 0 Å². The number of hydrogen-bond acceptors (Lipinski definition) is 3. The Morgan fingerprint density at radius 1 is 1.15 bits per heavy atom. The molecule has 0 bridgehead atoms. The number of halogens is 3. The van der Waals surface area contributed by atoms with Gasteiger partial charge in [-0.25, -0.2) is 9.78 Å². The Morgan fingerprint density at radius 3 is 2.25 bits per heavy atom. The van der Waals surface area contributed by atoms with Gasteiger partial charge in [0, 0.05) is 11.8 Å². The summed E-state index contributed by atoms with van der Waals surface area (Å²) in [6.45, 7) is 0. The summed E-state index contributed by atoms with van der Waals surface area (Å²) < 4.78 is 37.3. The quantitative estimate of drug-likeness (QED) is 0.887. The molecule has 0 amide bonds. The van der Waals surface area contributed by atoms with Gasteiger partial charge in [-0.2, -0.15) is 13.2 Å². The second-order valence-electron chi connectivity index (χ2n) is 4.04. The summed E-state index contributed by atoms with van der Waals surface area (Å²) in [5, 5.41) is 8.92. The van der Waals surface area contributed by atoms with Crippen molar-refractivity contribution in [2.45, 2.75) is 6.18 Å². The van der Waals surface area contributed by atoms with Crippen molar-refractivity contribution in [1.29, 1.82) is 0 Å². The molecule has 0 fully saturated rings. The fourth-order valence-corrected chi connectivity index (χ4v) is 1.66. The number of rotatable bonds is 2. The van der Waals surface area contributed by atoms with Crippen molar-refractivity contribution < 1.29 is 23.1 Å². The standard InChI is InChI=1S/C13H9F3N2O2/c14-13(15,16)9-3-1-7(2-4-9)8-5-10(12(19)20)11(17)18-6-8/h1-6H,(H2,17,18)(H,19,20). The Kier molecular flexibility index (Phi) is 3.35. The van der Waals surface area contributed by atoms with Gasteiger partial charge in [0.2, 0.25) is 0 Å². The molecular formula is C13H9F3N2O2. The molecule has 7 heteroatoms. The van der Waals surface area contributed by atoms with E-state index >= 15 is 0 Å². The minimum Gasteiger partial charge on any atom is -0.478 e. The van der Waals surface area contributed by atoms with Crippen LogP contribution in [0.1, 0.15) is 15.9 Å². The molecule has 0 aliphatic rings. The first-order valence-electron chi connectivity index (χ1n) is 5.45. The fourth-order valence-electron chi connectivity index (χ4n) is 1.66. The number of carboxylic acids is 1. The highest BCUT2D eigenvalue weighted by atomic mass is 19.4. The lowest BCUT2D eigenvalue weighted by Gasteiger charge is -2.08. The fraction of sp³-hybridized carbons (Fsp3) is 0.0769. The van der Waals surface area contributed by atoms with E-state index in [1.165, 1.54) is 24.4 Å². The molecule has 0 aliphatic carbocycles. The maximum Gasteiger partial charge on any atom is 0.416 e. The minimum atomic E-state index is -4.41. The van der Waals surface area contributed by atoms with Crippen molar-refractivity contribution in [2.24, 2.45) is 0 Å². The van der Waals surface area contributed by atoms with Crippen LogP contribution in [0.2, 0.25) is 0 Å². The van der Waals surface area contributed by atoms with Crippen LogP contribution in [0.5, 0.6) is 0 Å². The van der Waals surface area contributed by atoms with Crippen LogP contribution in [0.4, 0.5) is 19.0 Å². The first-order valence-corrected chi connectivity index (χ1v) is 5.45. The molecule has 4 nitrogen and oxygen atoms in total. The van der Waals surface area contributed by atoms with Crippen LogP contribution >= 0.6 is 0 Å². The molecule has 2 rings (SSSR count). The predicted octanol–water partition coefficient (Wildman–Crippen LogP) is 3.05. The number of benzene rings is 1. The lowest BCUT2D eigenvalue weighted by atomic mass is 10.0. The third-order valence-corrected chi connectivity index (χ3v) is 2.69. The second kappa shape index (κ2) is 4.84. The lowest BCUT2D eigenvalue weighted by Crippen LogP contribution is -2.05. The van der Waals surface area contributed by atoms with Crippen LogP contribution in [-0.4, -0.2) is 16.1 Å². The van der Waals surface area contributed by atoms with Gasteiger partial charge in [0.1, 0.15) is 11.4 Å². The van der Waals surface area contributed by atoms with Crippen molar-refractivity contribution in [3.8, 4) is 11.1 Å². The number of anilines is 1. The molecule has 0 radical (unpaired) electrons. The maximum atomic E-state index is 12.4. The van der Waals surface area contributed by atoms with E-state index in [0.717, 1.165) is 12.1 Å². The highest BCUT2D eigenvalue weighted by Gasteiger charge is 2.30. The van der Waals surface area contributed by atoms with Gasteiger partial charge in [0.15, 0.2) is 0 Å². The van der Waals surface area contributed by atoms with Crippen molar-refractivity contribution in [2.75, 3.05) is 5.73 Å². The minimum absolute atomic E-state index is 0.145. The molecule has 0 unspecified atom stereocenters. The molecule has 1 heterocycles. The average Bonchev–Trinajstić information content (AvgIpc) is 2.38. The van der Waals surface area contributed by atoms with E-state index in [1.54, 1.807) is 0 Å². The molecular weight excluding hydrogens is 273 g/mol. The zero-order valence-corrected chi connectivity index (χ0v) is 9.98. The number of aromatic carboxylic acids is 1. The van der Waals surface area contributed by atoms with E-state index in [9.17, 15) is 18.0 Å². The second-order valence-corrected chi connectivity index (χ2v) is 4.04. The summed E-state index contributed by atoms with van der Waals surface area (Å²) in [6.07, 6.45) is -3.10. The summed E-state index contributed by atoms with van der Waals surface area (Å²) in [5.74, 6) is -1.39. The molecule has 104 valence electrons. The monoisotopic (exact) mass is 282 g/mol. The van der Waals surface area contributed by atoms with Crippen LogP contribution < -0.4 is 5.73 Å². The number of pyridine rings is 1. The van der Waals surface area contributed by atoms with Crippen molar-refractivity contribution in [1.82, 2.24) is 4.98 Å². The number of alkyl halides is 3. The topological polar surface area (TPSA) is 76.2 Å². The van der Waals surface area contributed by atoms with E-state index in [-0.39, 0.29) is 11.4 Å². The van der Waals surface area contributed by atoms with E-state index in [2.05, 4.69) is 4.98 Å². The SMILES string of the molecule is Nc1ncc(-c2ccc(C(F)(F)F)cc2)cc1C(=O)O. The van der Waals surface area contributed by atoms with Crippen molar-refractivity contribution >= 4 is 11.8 Å². The zero-order chi connectivity index (χ0) is 14.9. The summed E-state index contributed by atoms with van der Waals surface area (Å²) in [5.41, 5.74) is 5.25. The first-order chi connectivity index (χ1) is 9.29. The molecule has 3 N–H and O–H groups in total. The van der Waals surface area contributed by atoms with Gasteiger partial charge in [-0.1, -0.05) is 12.1 Å². The van der Waals surface area contributed by atoms with Crippen LogP contribution in [-0.2, 0) is 6.18 Å². The number of nitrogen functional groups attached to an aromatic ring is 1. The number of carbonyl (C=O) groups is 1. The number of nitrogens with two attached hydrogens (primary N) is 1. The van der Waals surface area contributed by atoms with Crippen LogP contribution in [0.15, 0.2) is 36.5 Å². The van der Waals surface area contributed by atoms with Gasteiger partial charge in [0.05, 0.1) is 5.56 Å². The molecule has 0 spiro atoms. The normalized spacial score (nSPS) is 11.3. The first kappa shape index (κ1) is 13.9. The number of carboxylic acid groups (broad SMARTS) is 1. The van der Waals surface area contributed by atoms with Gasteiger partial charge in [0.25, 0.3) is 0 Å². The molecule has 0 atom stereocenters. The molecule has 0 saturated heterocycles. The average molecular weight is 282 g/mol.